The largest absolute Gasteiger partial charge is 0.433 e. The summed E-state index contributed by atoms with van der Waals surface area (Å²) in [4.78, 5) is 0. The maximum atomic E-state index is 12.1. The Morgan fingerprint density at radius 1 is 1.10 bits per heavy atom. The van der Waals surface area contributed by atoms with Crippen LogP contribution < -0.4 is 0 Å². The molecule has 0 nitrogen and oxygen atoms in total. The third-order valence-corrected chi connectivity index (χ3v) is 0.814. The van der Waals surface area contributed by atoms with Crippen molar-refractivity contribution in [2.75, 3.05) is 0 Å². The zero-order valence-corrected chi connectivity index (χ0v) is 4.89. The summed E-state index contributed by atoms with van der Waals surface area (Å²) in [7, 11) is 0. The first-order valence-corrected chi connectivity index (χ1v) is 2.19. The van der Waals surface area contributed by atoms with Crippen molar-refractivity contribution in [3.8, 4) is 12.1 Å². The molecule has 5 heteroatoms. The summed E-state index contributed by atoms with van der Waals surface area (Å²) in [5.41, 5.74) is -3.75. The van der Waals surface area contributed by atoms with Crippen molar-refractivity contribution in [1.82, 2.24) is 0 Å². The van der Waals surface area contributed by atoms with Gasteiger partial charge in [-0.25, -0.2) is 4.39 Å². The van der Waals surface area contributed by atoms with E-state index in [-0.39, 0.29) is 6.92 Å². The lowest BCUT2D eigenvalue weighted by atomic mass is 10.1. The molecule has 0 rings (SSSR count). The summed E-state index contributed by atoms with van der Waals surface area (Å²) in [5, 5.41) is 0. The van der Waals surface area contributed by atoms with Crippen LogP contribution in [0.2, 0.25) is 0 Å². The molecule has 1 atom stereocenters. The predicted molar refractivity (Wildman–Crippen MR) is 24.5 cm³/mol. The van der Waals surface area contributed by atoms with Gasteiger partial charge in [-0.15, -0.1) is 4.39 Å². The molecule has 0 aliphatic carbocycles. The van der Waals surface area contributed by atoms with Crippen LogP contribution in [0.3, 0.4) is 0 Å². The van der Waals surface area contributed by atoms with Gasteiger partial charge in [-0.2, -0.15) is 13.2 Å². The van der Waals surface area contributed by atoms with Gasteiger partial charge >= 0.3 is 6.18 Å². The Balaban J connectivity index is 4.51. The van der Waals surface area contributed by atoms with Gasteiger partial charge in [-0.05, 0) is 12.8 Å². The molecular formula is C5H3F5. The quantitative estimate of drug-likeness (QED) is 0.374. The molecule has 0 aliphatic rings. The lowest BCUT2D eigenvalue weighted by Gasteiger charge is -2.15. The Kier molecular flexibility index (Phi) is 2.25. The fourth-order valence-electron chi connectivity index (χ4n) is 0.160. The summed E-state index contributed by atoms with van der Waals surface area (Å²) in [6, 6.07) is 0. The Morgan fingerprint density at radius 2 is 1.50 bits per heavy atom. The van der Waals surface area contributed by atoms with Gasteiger partial charge in [0.2, 0.25) is 0 Å². The number of alkyl halides is 4. The van der Waals surface area contributed by atoms with E-state index in [1.165, 1.54) is 0 Å². The topological polar surface area (TPSA) is 0 Å². The first-order chi connectivity index (χ1) is 4.31. The van der Waals surface area contributed by atoms with Crippen LogP contribution in [0.4, 0.5) is 22.0 Å². The molecule has 0 saturated heterocycles. The minimum absolute atomic E-state index is 0.152. The van der Waals surface area contributed by atoms with Crippen LogP contribution in [0.15, 0.2) is 0 Å². The van der Waals surface area contributed by atoms with Crippen LogP contribution >= 0.6 is 0 Å². The molecule has 0 N–H and O–H groups in total. The molecule has 0 fully saturated rings. The van der Waals surface area contributed by atoms with E-state index in [0.717, 1.165) is 5.92 Å². The van der Waals surface area contributed by atoms with Crippen molar-refractivity contribution in [3.05, 3.63) is 0 Å². The van der Waals surface area contributed by atoms with Crippen molar-refractivity contribution in [2.45, 2.75) is 18.8 Å². The summed E-state index contributed by atoms with van der Waals surface area (Å²) in [5.74, 6) is 0.753. The van der Waals surface area contributed by atoms with Gasteiger partial charge in [0, 0.05) is 0 Å². The molecule has 0 amide bonds. The Labute approximate surface area is 54.0 Å². The summed E-state index contributed by atoms with van der Waals surface area (Å²) in [6.07, 6.45) is -4.76. The molecule has 0 aromatic heterocycles. The zero-order chi connectivity index (χ0) is 8.41. The van der Waals surface area contributed by atoms with Gasteiger partial charge < -0.3 is 0 Å². The predicted octanol–water partition coefficient (Wildman–Crippen LogP) is 2.21. The van der Waals surface area contributed by atoms with Gasteiger partial charge in [-0.1, -0.05) is 0 Å². The van der Waals surface area contributed by atoms with Crippen molar-refractivity contribution in [3.63, 3.8) is 0 Å². The van der Waals surface area contributed by atoms with Gasteiger partial charge in [0.25, 0.3) is 5.67 Å². The van der Waals surface area contributed by atoms with Gasteiger partial charge in [-0.3, -0.25) is 0 Å². The van der Waals surface area contributed by atoms with Crippen molar-refractivity contribution in [1.29, 1.82) is 0 Å². The molecule has 0 aliphatic heterocycles. The molecule has 1 unspecified atom stereocenters. The number of rotatable bonds is 0. The molecule has 0 bridgehead atoms. The summed E-state index contributed by atoms with van der Waals surface area (Å²) in [6.45, 7) is 0.152. The normalized spacial score (nSPS) is 17.0. The third-order valence-electron chi connectivity index (χ3n) is 0.814. The standard InChI is InChI=1S/C5H3F5/c1-4(7,2-3-6)5(8,9)10/h1H3. The molecule has 0 saturated carbocycles. The van der Waals surface area contributed by atoms with Crippen molar-refractivity contribution < 1.29 is 22.0 Å². The highest BCUT2D eigenvalue weighted by Crippen LogP contribution is 2.32. The molecule has 0 aromatic rings. The van der Waals surface area contributed by atoms with E-state index >= 15 is 0 Å². The maximum absolute atomic E-state index is 12.1. The highest BCUT2D eigenvalue weighted by Gasteiger charge is 2.51. The maximum Gasteiger partial charge on any atom is 0.433 e. The van der Waals surface area contributed by atoms with Gasteiger partial charge in [0.15, 0.2) is 0 Å². The van der Waals surface area contributed by atoms with Crippen LogP contribution in [-0.4, -0.2) is 11.8 Å². The summed E-state index contributed by atoms with van der Waals surface area (Å²) >= 11 is 0. The van der Waals surface area contributed by atoms with Crippen LogP contribution in [-0.2, 0) is 0 Å². The molecule has 0 aromatic carbocycles. The minimum atomic E-state index is -5.13. The monoisotopic (exact) mass is 158 g/mol. The van der Waals surface area contributed by atoms with Crippen molar-refractivity contribution in [2.24, 2.45) is 0 Å². The first kappa shape index (κ1) is 9.21. The average molecular weight is 158 g/mol. The minimum Gasteiger partial charge on any atom is -0.220 e. The van der Waals surface area contributed by atoms with E-state index in [4.69, 9.17) is 0 Å². The van der Waals surface area contributed by atoms with Crippen LogP contribution in [0.1, 0.15) is 6.92 Å². The number of hydrogen-bond acceptors (Lipinski definition) is 0. The fraction of sp³-hybridized carbons (Fsp3) is 0.600. The third kappa shape index (κ3) is 1.87. The lowest BCUT2D eigenvalue weighted by Crippen LogP contribution is -2.35. The molecule has 0 radical (unpaired) electrons. The number of halogens is 5. The highest BCUT2D eigenvalue weighted by molar-refractivity contribution is 5.12. The van der Waals surface area contributed by atoms with E-state index in [9.17, 15) is 22.0 Å². The molecule has 58 valence electrons. The van der Waals surface area contributed by atoms with E-state index < -0.39 is 11.8 Å². The van der Waals surface area contributed by atoms with Gasteiger partial charge in [0.1, 0.15) is 6.17 Å². The molecule has 0 spiro atoms. The van der Waals surface area contributed by atoms with E-state index in [1.54, 1.807) is 0 Å². The Bertz CT molecular complexity index is 167. The van der Waals surface area contributed by atoms with E-state index in [2.05, 4.69) is 0 Å². The molecule has 0 heterocycles. The zero-order valence-electron chi connectivity index (χ0n) is 4.89. The Morgan fingerprint density at radius 3 is 1.60 bits per heavy atom. The van der Waals surface area contributed by atoms with Crippen LogP contribution in [0, 0.1) is 12.1 Å². The second kappa shape index (κ2) is 2.45. The SMILES string of the molecule is CC(F)(C#CF)C(F)(F)F. The average Bonchev–Trinajstić information content (AvgIpc) is 1.61. The van der Waals surface area contributed by atoms with Crippen LogP contribution in [0.25, 0.3) is 0 Å². The molecular weight excluding hydrogens is 155 g/mol. The Hall–Kier alpha value is -0.790. The molecule has 10 heavy (non-hydrogen) atoms. The first-order valence-electron chi connectivity index (χ1n) is 2.19. The van der Waals surface area contributed by atoms with Crippen LogP contribution in [0.5, 0.6) is 0 Å². The van der Waals surface area contributed by atoms with E-state index in [0.29, 0.717) is 6.17 Å². The van der Waals surface area contributed by atoms with E-state index in [1.807, 2.05) is 0 Å². The van der Waals surface area contributed by atoms with Crippen molar-refractivity contribution >= 4 is 0 Å². The highest BCUT2D eigenvalue weighted by atomic mass is 19.4. The van der Waals surface area contributed by atoms with Gasteiger partial charge in [0.05, 0.1) is 0 Å². The second-order valence-corrected chi connectivity index (χ2v) is 1.72. The smallest absolute Gasteiger partial charge is 0.220 e. The summed E-state index contributed by atoms with van der Waals surface area (Å²) < 4.78 is 57.1. The fourth-order valence-corrected chi connectivity index (χ4v) is 0.160. The number of hydrogen-bond donors (Lipinski definition) is 0. The lowest BCUT2D eigenvalue weighted by molar-refractivity contribution is -0.201. The second-order valence-electron chi connectivity index (χ2n) is 1.72.